The van der Waals surface area contributed by atoms with Gasteiger partial charge in [0, 0.05) is 42.5 Å². The molecule has 3 fully saturated rings. The molecule has 7 heterocycles. The van der Waals surface area contributed by atoms with Crippen molar-refractivity contribution in [1.82, 2.24) is 29.4 Å². The number of carboxylic acid groups (broad SMARTS) is 1. The van der Waals surface area contributed by atoms with Crippen molar-refractivity contribution >= 4 is 70.1 Å². The van der Waals surface area contributed by atoms with Gasteiger partial charge in [-0.05, 0) is 38.3 Å². The van der Waals surface area contributed by atoms with Crippen LogP contribution in [0.3, 0.4) is 0 Å². The third-order valence-electron chi connectivity index (χ3n) is 9.25. The summed E-state index contributed by atoms with van der Waals surface area (Å²) in [5, 5.41) is 15.2. The molecule has 4 N–H and O–H groups in total. The van der Waals surface area contributed by atoms with Crippen molar-refractivity contribution in [3.63, 3.8) is 0 Å². The number of likely N-dealkylation sites (tertiary alicyclic amines) is 2. The second kappa shape index (κ2) is 16.0. The van der Waals surface area contributed by atoms with Crippen LogP contribution in [-0.4, -0.2) is 114 Å². The number of ether oxygens (including phenoxy) is 2. The number of nitrogens with two attached hydrogens (primary N) is 1. The number of hydrogen-bond donors (Lipinski definition) is 3. The molecule has 3 aromatic rings. The number of anilines is 1. The first-order valence-electron chi connectivity index (χ1n) is 17.0. The lowest BCUT2D eigenvalue weighted by molar-refractivity contribution is -0.150. The number of aliphatic carboxylic acids is 1. The summed E-state index contributed by atoms with van der Waals surface area (Å²) in [6, 6.07) is -1.60. The number of amides is 4. The second-order valence-electron chi connectivity index (χ2n) is 12.8. The first-order valence-corrected chi connectivity index (χ1v) is 18.9. The van der Waals surface area contributed by atoms with Crippen LogP contribution < -0.4 is 22.7 Å². The van der Waals surface area contributed by atoms with Gasteiger partial charge in [0.2, 0.25) is 17.4 Å². The molecule has 4 aliphatic rings. The van der Waals surface area contributed by atoms with Crippen LogP contribution in [0.5, 0.6) is 0 Å². The van der Waals surface area contributed by atoms with Gasteiger partial charge in [-0.3, -0.25) is 24.1 Å². The van der Waals surface area contributed by atoms with Crippen molar-refractivity contribution in [3.8, 4) is 0 Å². The van der Waals surface area contributed by atoms with Gasteiger partial charge in [0.1, 0.15) is 17.1 Å². The summed E-state index contributed by atoms with van der Waals surface area (Å²) >= 11 is 1.83. The van der Waals surface area contributed by atoms with Crippen molar-refractivity contribution in [3.05, 3.63) is 73.0 Å². The van der Waals surface area contributed by atoms with E-state index in [4.69, 9.17) is 28.5 Å². The van der Waals surface area contributed by atoms with Crippen molar-refractivity contribution in [2.75, 3.05) is 31.1 Å². The molecule has 7 rings (SSSR count). The minimum atomic E-state index is -1.44. The van der Waals surface area contributed by atoms with Crippen molar-refractivity contribution < 1.29 is 65.9 Å². The highest BCUT2D eigenvalue weighted by atomic mass is 32.2. The summed E-state index contributed by atoms with van der Waals surface area (Å²) in [5.41, 5.74) is 5.14. The number of nitrogens with one attached hydrogen (secondary N) is 1. The Kier molecular flexibility index (Phi) is 10.9. The zero-order chi connectivity index (χ0) is 41.4. The fourth-order valence-electron chi connectivity index (χ4n) is 6.43. The summed E-state index contributed by atoms with van der Waals surface area (Å²) in [6.45, 7) is 2.81. The van der Waals surface area contributed by atoms with Crippen LogP contribution in [0, 0.1) is 13.8 Å². The molecule has 3 atom stereocenters. The lowest BCUT2D eigenvalue weighted by Gasteiger charge is -2.49. The summed E-state index contributed by atoms with van der Waals surface area (Å²) in [5.74, 6) is -5.66. The van der Waals surface area contributed by atoms with Gasteiger partial charge in [-0.1, -0.05) is 5.16 Å². The van der Waals surface area contributed by atoms with Crippen molar-refractivity contribution in [2.24, 2.45) is 5.16 Å². The van der Waals surface area contributed by atoms with Gasteiger partial charge < -0.3 is 53.1 Å². The Morgan fingerprint density at radius 3 is 2.33 bits per heavy atom. The average molecular weight is 847 g/mol. The molecular formula is C32H30N8O16S2. The molecule has 58 heavy (non-hydrogen) atoms. The molecule has 0 unspecified atom stereocenters. The molecule has 0 aromatic carbocycles. The van der Waals surface area contributed by atoms with Crippen LogP contribution >= 0.6 is 23.3 Å². The minimum absolute atomic E-state index is 0.0505. The molecule has 0 spiro atoms. The Hall–Kier alpha value is -6.70. The minimum Gasteiger partial charge on any atom is -0.477 e. The molecule has 3 aromatic heterocycles. The largest absolute Gasteiger partial charge is 0.535 e. The number of β-lactam (4-membered cyclic amide) rings is 1. The van der Waals surface area contributed by atoms with Crippen LogP contribution in [0.15, 0.2) is 55.3 Å². The highest BCUT2D eigenvalue weighted by Gasteiger charge is 2.54. The number of oxime groups is 1. The van der Waals surface area contributed by atoms with E-state index >= 15 is 0 Å². The first-order chi connectivity index (χ1) is 27.7. The summed E-state index contributed by atoms with van der Waals surface area (Å²) in [6.07, 6.45) is 0.112. The molecule has 4 amide bonds. The van der Waals surface area contributed by atoms with E-state index in [9.17, 15) is 43.5 Å². The van der Waals surface area contributed by atoms with E-state index < -0.39 is 65.4 Å². The average Bonchev–Trinajstić information content (AvgIpc) is 4.02. The number of nitrogens with zero attached hydrogens (tertiary/aromatic N) is 6. The van der Waals surface area contributed by atoms with E-state index in [0.29, 0.717) is 36.6 Å². The van der Waals surface area contributed by atoms with Gasteiger partial charge in [0.25, 0.3) is 11.8 Å². The summed E-state index contributed by atoms with van der Waals surface area (Å²) < 4.78 is 33.0. The van der Waals surface area contributed by atoms with E-state index in [0.717, 1.165) is 16.7 Å². The topological polar surface area (TPSA) is 323 Å². The normalized spacial score (nSPS) is 21.3. The zero-order valence-electron chi connectivity index (χ0n) is 30.1. The van der Waals surface area contributed by atoms with Gasteiger partial charge in [-0.15, -0.1) is 11.8 Å². The zero-order valence-corrected chi connectivity index (χ0v) is 31.7. The number of hydrogen-bond acceptors (Lipinski definition) is 21. The van der Waals surface area contributed by atoms with Gasteiger partial charge in [-0.25, -0.2) is 24.0 Å². The molecule has 3 saturated heterocycles. The molecule has 4 aliphatic heterocycles. The van der Waals surface area contributed by atoms with Crippen molar-refractivity contribution in [2.45, 2.75) is 57.4 Å². The highest BCUT2D eigenvalue weighted by Crippen LogP contribution is 2.41. The first kappa shape index (κ1) is 39.5. The van der Waals surface area contributed by atoms with Gasteiger partial charge in [-0.2, -0.15) is 9.36 Å². The maximum atomic E-state index is 13.5. The summed E-state index contributed by atoms with van der Waals surface area (Å²) in [7, 11) is 0. The van der Waals surface area contributed by atoms with E-state index in [1.165, 1.54) is 24.8 Å². The Bertz CT molecular complexity index is 2420. The molecule has 0 saturated carbocycles. The number of rotatable bonds is 11. The van der Waals surface area contributed by atoms with Crippen LogP contribution in [0.1, 0.15) is 41.7 Å². The van der Waals surface area contributed by atoms with Crippen LogP contribution in [-0.2, 0) is 46.7 Å². The van der Waals surface area contributed by atoms with E-state index in [1.54, 1.807) is 4.90 Å². The number of thioether (sulfide) groups is 1. The molecular weight excluding hydrogens is 817 g/mol. The fraction of sp³-hybridized carbons (Fsp3) is 0.406. The number of aromatic nitrogens is 2. The number of aryl methyl sites for hydroxylation is 2. The maximum Gasteiger partial charge on any atom is 0.535 e. The molecule has 26 heteroatoms. The molecule has 0 bridgehead atoms. The molecule has 24 nitrogen and oxygen atoms in total. The van der Waals surface area contributed by atoms with Crippen LogP contribution in [0.25, 0.3) is 0 Å². The number of allylic oxidation sites excluding steroid dienone is 1. The molecule has 0 radical (unpaired) electrons. The monoisotopic (exact) mass is 846 g/mol. The third-order valence-corrected chi connectivity index (χ3v) is 11.1. The Morgan fingerprint density at radius 1 is 1.02 bits per heavy atom. The highest BCUT2D eigenvalue weighted by molar-refractivity contribution is 8.00. The number of fused-ring (bicyclic) bond motifs is 1. The van der Waals surface area contributed by atoms with Crippen LogP contribution in [0.2, 0.25) is 0 Å². The van der Waals surface area contributed by atoms with Gasteiger partial charge in [0.15, 0.2) is 41.4 Å². The van der Waals surface area contributed by atoms with Crippen LogP contribution in [0.4, 0.5) is 14.7 Å². The predicted octanol–water partition coefficient (Wildman–Crippen LogP) is 0.195. The number of carbonyl (C=O) groups excluding carboxylic acids is 5. The maximum absolute atomic E-state index is 13.5. The fourth-order valence-corrected chi connectivity index (χ4v) is 8.17. The molecule has 0 aliphatic carbocycles. The number of nitrogen functional groups attached to an aromatic ring is 1. The van der Waals surface area contributed by atoms with E-state index in [-0.39, 0.29) is 82.5 Å². The van der Waals surface area contributed by atoms with E-state index in [2.05, 4.69) is 29.1 Å². The quantitative estimate of drug-likeness (QED) is 0.0579. The summed E-state index contributed by atoms with van der Waals surface area (Å²) in [4.78, 5) is 113. The smallest absolute Gasteiger partial charge is 0.477 e. The Balaban J connectivity index is 0.984. The van der Waals surface area contributed by atoms with Crippen molar-refractivity contribution in [1.29, 1.82) is 0 Å². The Morgan fingerprint density at radius 2 is 1.71 bits per heavy atom. The molecule has 306 valence electrons. The lowest BCUT2D eigenvalue weighted by atomic mass is 10.0. The lowest BCUT2D eigenvalue weighted by Crippen LogP contribution is -2.71. The standard InChI is InChI=1S/C32H30N8O16S2/c1-12-17(54-31(48)52-12)9-50-29(46)38-5-4-16(8-38)39-6-3-14(24(39)42)7-15-11-57-26-20(25(43)40(26)21(15)27(44)45)34-23(41)19(22-35-28(33)58-37-22)36-56-30(47)51-10-18-13(2)53-32(49)55-18/h7,16,20,26H,3-6,8-11H2,1-2H3,(H,34,41)(H,44,45)(H2,33,35,37)/b14-7?,36-19-/t16-,20-,26-/m1/s1. The second-order valence-corrected chi connectivity index (χ2v) is 14.7. The van der Waals surface area contributed by atoms with Gasteiger partial charge >= 0.3 is 29.9 Å². The SMILES string of the molecule is Cc1oc(=O)oc1COC(=O)O/N=C(\C(=O)N[C@@H]1C(=O)N2C(C(=O)O)=C(C=C3CCN([C@@H]4CCN(C(=O)OCc5oc(=O)oc5C)C4)C3=O)CS[C@H]12)c1nsc(N)n1. The number of carbonyl (C=O) groups is 6. The Labute approximate surface area is 331 Å². The van der Waals surface area contributed by atoms with E-state index in [1.807, 2.05) is 0 Å². The number of carboxylic acids is 1. The third kappa shape index (κ3) is 7.95. The van der Waals surface area contributed by atoms with Gasteiger partial charge in [0.05, 0.1) is 6.04 Å². The predicted molar refractivity (Wildman–Crippen MR) is 190 cm³/mol.